The Bertz CT molecular complexity index is 2940. The number of imide groups is 3. The topological polar surface area (TPSA) is 308 Å². The Kier molecular flexibility index (Phi) is 77.1. The monoisotopic (exact) mass is 1870 g/mol. The molecule has 0 spiro atoms. The second-order valence-electron chi connectivity index (χ2n) is 37.6. The molecule has 0 radical (unpaired) electrons. The Morgan fingerprint density at radius 2 is 0.573 bits per heavy atom. The van der Waals surface area contributed by atoms with Crippen molar-refractivity contribution in [1.82, 2.24) is 25.3 Å². The zero-order valence-electron chi connectivity index (χ0n) is 81.5. The van der Waals surface area contributed by atoms with Gasteiger partial charge in [-0.05, 0) is 125 Å². The number of Topliss-reactive ketones (excluding diaryl/α,β-unsaturated/α-hetero) is 5. The minimum Gasteiger partial charge on any atom is -0.356 e. The summed E-state index contributed by atoms with van der Waals surface area (Å²) in [4.78, 5) is 160. The molecular formula is C97H179N7O13S7. The number of rotatable bonds is 70. The van der Waals surface area contributed by atoms with Crippen LogP contribution in [0.5, 0.6) is 0 Å². The van der Waals surface area contributed by atoms with Crippen LogP contribution in [0.3, 0.4) is 0 Å². The van der Waals surface area contributed by atoms with Crippen LogP contribution in [0, 0.1) is 59.2 Å². The van der Waals surface area contributed by atoms with Crippen LogP contribution in [0.4, 0.5) is 0 Å². The molecule has 6 N–H and O–H groups in total. The van der Waals surface area contributed by atoms with E-state index in [4.69, 9.17) is 11.5 Å². The molecule has 722 valence electrons. The van der Waals surface area contributed by atoms with E-state index in [1.807, 2.05) is 77.0 Å². The van der Waals surface area contributed by atoms with E-state index in [-0.39, 0.29) is 111 Å². The number of nitrogens with zero attached hydrogens (tertiary/aromatic N) is 3. The molecule has 0 aliphatic carbocycles. The average Bonchev–Trinajstić information content (AvgIpc) is 1.72. The van der Waals surface area contributed by atoms with E-state index in [9.17, 15) is 62.3 Å². The third-order valence-corrected chi connectivity index (χ3v) is 30.5. The highest BCUT2D eigenvalue weighted by molar-refractivity contribution is 8.77. The van der Waals surface area contributed by atoms with Gasteiger partial charge in [0.1, 0.15) is 17.3 Å². The van der Waals surface area contributed by atoms with Crippen molar-refractivity contribution in [3.63, 3.8) is 0 Å². The van der Waals surface area contributed by atoms with Crippen LogP contribution in [0.25, 0.3) is 0 Å². The number of hydrogen-bond acceptors (Lipinski definition) is 22. The van der Waals surface area contributed by atoms with Crippen LogP contribution < -0.4 is 22.1 Å². The third-order valence-electron chi connectivity index (χ3n) is 21.6. The van der Waals surface area contributed by atoms with Crippen LogP contribution in [-0.2, 0) is 62.3 Å². The first kappa shape index (κ1) is 123. The summed E-state index contributed by atoms with van der Waals surface area (Å²) < 4.78 is 0. The Morgan fingerprint density at radius 1 is 0.298 bits per heavy atom. The summed E-state index contributed by atoms with van der Waals surface area (Å²) in [6.07, 6.45) is 34.9. The van der Waals surface area contributed by atoms with Gasteiger partial charge >= 0.3 is 0 Å². The average molecular weight is 1880 g/mol. The molecular weight excluding hydrogens is 1700 g/mol. The van der Waals surface area contributed by atoms with Crippen LogP contribution in [0.15, 0.2) is 0 Å². The van der Waals surface area contributed by atoms with Crippen LogP contribution in [0.2, 0.25) is 0 Å². The second kappa shape index (κ2) is 77.7. The van der Waals surface area contributed by atoms with Crippen LogP contribution in [0.1, 0.15) is 376 Å². The number of ketones is 5. The number of amides is 8. The minimum atomic E-state index is -0.608. The van der Waals surface area contributed by atoms with Gasteiger partial charge in [-0.2, -0.15) is 0 Å². The van der Waals surface area contributed by atoms with E-state index in [2.05, 4.69) is 79.9 Å². The summed E-state index contributed by atoms with van der Waals surface area (Å²) in [6, 6.07) is -0.897. The van der Waals surface area contributed by atoms with E-state index in [1.165, 1.54) is 103 Å². The zero-order chi connectivity index (χ0) is 93.9. The Balaban J connectivity index is 0. The number of likely N-dealkylation sites (tertiary alicyclic amines) is 3. The molecule has 8 amide bonds. The standard InChI is InChI=1S/C24H43N3O4S.C24H43NO3S.C19H33NO3S.C18H35NO2S2.C12H25NOS2/c1-17(2)11-7-5-9-13-26-21(28)12-8-6-10-14-27-22(29)15-20(24(27)31)32-16-19(25)23(30)18(3)4;1-19(2)14-13-17-29-22-18-23(27)25(24(22)28)16-12-10-8-6-5-7-9-11-15-21(26)20(3)4;1-14(2)9-8-12-24-17-13-18(22)20(19(17)23)11-7-5-6-10-16(21)15(3)4;1-15(2)9-8-13-22-23-14-11-18(21)19-12-7-5-6-10-17(20)16(3)4;1-9(2)6-5-7-15-16-8-11(13)12(14)10(3)4/h17-20H,5-16,25H2,1-4H3,(H,26,28);19-20,22H,5-18H2,1-4H3;14-15,17H,5-13H2,1-4H3;15-16H,5-14H2,1-4H3,(H,19,21);9-11H,5-8,13H2,1-4H3/t19-,20?;;;;11-/m0...0/s1. The summed E-state index contributed by atoms with van der Waals surface area (Å²) >= 11 is 4.61. The maximum Gasteiger partial charge on any atom is 0.242 e. The quantitative estimate of drug-likeness (QED) is 0.0250. The maximum atomic E-state index is 12.5. The lowest BCUT2D eigenvalue weighted by Gasteiger charge is -2.16. The van der Waals surface area contributed by atoms with Gasteiger partial charge < -0.3 is 22.1 Å². The highest BCUT2D eigenvalue weighted by Gasteiger charge is 2.41. The number of carbonyl (C=O) groups is 13. The van der Waals surface area contributed by atoms with Crippen LogP contribution >= 0.6 is 78.5 Å². The lowest BCUT2D eigenvalue weighted by molar-refractivity contribution is -0.139. The van der Waals surface area contributed by atoms with Gasteiger partial charge in [-0.25, -0.2) is 0 Å². The van der Waals surface area contributed by atoms with Crippen molar-refractivity contribution in [1.29, 1.82) is 0 Å². The van der Waals surface area contributed by atoms with E-state index >= 15 is 0 Å². The normalized spacial score (nSPS) is 15.9. The van der Waals surface area contributed by atoms with Crippen molar-refractivity contribution in [2.24, 2.45) is 70.6 Å². The first-order valence-corrected chi connectivity index (χ1v) is 56.3. The van der Waals surface area contributed by atoms with Crippen molar-refractivity contribution in [3.05, 3.63) is 0 Å². The van der Waals surface area contributed by atoms with E-state index in [0.29, 0.717) is 99.5 Å². The van der Waals surface area contributed by atoms with Crippen LogP contribution in [-0.4, -0.2) is 192 Å². The van der Waals surface area contributed by atoms with Gasteiger partial charge in [0, 0.05) is 142 Å². The number of unbranched alkanes of at least 4 members (excludes halogenated alkanes) is 15. The van der Waals surface area contributed by atoms with Crippen molar-refractivity contribution < 1.29 is 62.3 Å². The molecule has 3 rings (SSSR count). The molecule has 124 heavy (non-hydrogen) atoms. The first-order chi connectivity index (χ1) is 58.7. The second-order valence-corrected chi connectivity index (χ2v) is 46.8. The molecule has 27 heteroatoms. The van der Waals surface area contributed by atoms with Crippen molar-refractivity contribution in [2.45, 2.75) is 404 Å². The fraction of sp³-hybridized carbons (Fsp3) is 0.866. The van der Waals surface area contributed by atoms with E-state index in [1.54, 1.807) is 59.0 Å². The Hall–Kier alpha value is -2.92. The third kappa shape index (κ3) is 66.4. The van der Waals surface area contributed by atoms with Gasteiger partial charge in [-0.1, -0.05) is 284 Å². The van der Waals surface area contributed by atoms with Gasteiger partial charge in [-0.15, -0.1) is 35.3 Å². The summed E-state index contributed by atoms with van der Waals surface area (Å²) in [5.41, 5.74) is 11.7. The summed E-state index contributed by atoms with van der Waals surface area (Å²) in [6.45, 7) is 44.3. The lowest BCUT2D eigenvalue weighted by Crippen LogP contribution is -2.37. The summed E-state index contributed by atoms with van der Waals surface area (Å²) in [7, 11) is 7.25. The zero-order valence-corrected chi connectivity index (χ0v) is 87.2. The predicted molar refractivity (Wildman–Crippen MR) is 535 cm³/mol. The van der Waals surface area contributed by atoms with Gasteiger partial charge in [0.2, 0.25) is 47.3 Å². The van der Waals surface area contributed by atoms with Crippen molar-refractivity contribution in [3.8, 4) is 0 Å². The molecule has 3 fully saturated rings. The summed E-state index contributed by atoms with van der Waals surface area (Å²) in [5.74, 6) is 11.3. The Morgan fingerprint density at radius 3 is 0.927 bits per heavy atom. The minimum absolute atomic E-state index is 0.00666. The first-order valence-electron chi connectivity index (χ1n) is 48.2. The molecule has 0 saturated carbocycles. The maximum absolute atomic E-state index is 12.5. The van der Waals surface area contributed by atoms with Gasteiger partial charge in [0.05, 0.1) is 27.8 Å². The number of carbonyl (C=O) groups excluding carboxylic acids is 13. The number of thioether (sulfide) groups is 3. The SMILES string of the molecule is CC(C)CCCCCNC(=O)CCCCCN1C(=O)CC(SC[C@H](N)C(=O)C(C)C)C1=O.CC(C)CCCSC1CC(=O)N(CCCCCC(=O)C(C)C)C1=O.CC(C)CCCSC1CC(=O)N(CCCCCCCCCCC(=O)C(C)C)C1=O.CC(C)CCCSSCCC(=O)NCCCCCC(=O)C(C)C.CC(C)CCCSSC[C@H](N)C(=O)C(C)C. The molecule has 0 bridgehead atoms. The fourth-order valence-electron chi connectivity index (χ4n) is 13.3. The molecule has 3 saturated heterocycles. The molecule has 0 aromatic carbocycles. The molecule has 20 nitrogen and oxygen atoms in total. The summed E-state index contributed by atoms with van der Waals surface area (Å²) in [5, 5.41) is 5.17. The smallest absolute Gasteiger partial charge is 0.242 e. The number of nitrogens with one attached hydrogen (secondary N) is 2. The lowest BCUT2D eigenvalue weighted by atomic mass is 10.0. The fourth-order valence-corrected chi connectivity index (χ4v) is 21.1. The molecule has 0 aromatic heterocycles. The molecule has 3 heterocycles. The molecule has 0 aromatic rings. The van der Waals surface area contributed by atoms with Gasteiger partial charge in [0.15, 0.2) is 11.6 Å². The molecule has 5 atom stereocenters. The predicted octanol–water partition coefficient (Wildman–Crippen LogP) is 21.8. The van der Waals surface area contributed by atoms with E-state index < -0.39 is 11.3 Å². The largest absolute Gasteiger partial charge is 0.356 e. The highest BCUT2D eigenvalue weighted by Crippen LogP contribution is 2.32. The molecule has 3 aliphatic rings. The van der Waals surface area contributed by atoms with Crippen molar-refractivity contribution in [2.75, 3.05) is 73.0 Å². The highest BCUT2D eigenvalue weighted by atomic mass is 33.1. The van der Waals surface area contributed by atoms with Gasteiger partial charge in [-0.3, -0.25) is 77.0 Å². The molecule has 3 aliphatic heterocycles. The number of hydrogen-bond donors (Lipinski definition) is 4. The van der Waals surface area contributed by atoms with E-state index in [0.717, 1.165) is 175 Å². The Labute approximate surface area is 784 Å². The van der Waals surface area contributed by atoms with Gasteiger partial charge in [0.25, 0.3) is 0 Å². The van der Waals surface area contributed by atoms with Crippen molar-refractivity contribution >= 4 is 155 Å². The molecule has 3 unspecified atom stereocenters. The number of nitrogens with two attached hydrogens (primary N) is 2.